The molecule has 0 amide bonds. The first-order chi connectivity index (χ1) is 14.1. The van der Waals surface area contributed by atoms with Crippen molar-refractivity contribution in [2.45, 2.75) is 64.6 Å². The normalized spacial score (nSPS) is 24.3. The molecule has 1 saturated heterocycles. The van der Waals surface area contributed by atoms with Crippen LogP contribution >= 0.6 is 12.2 Å². The van der Waals surface area contributed by atoms with E-state index in [-0.39, 0.29) is 17.4 Å². The first kappa shape index (κ1) is 20.7. The van der Waals surface area contributed by atoms with Gasteiger partial charge in [0.1, 0.15) is 11.5 Å². The molecule has 158 valence electrons. The van der Waals surface area contributed by atoms with Crippen molar-refractivity contribution >= 4 is 23.3 Å². The van der Waals surface area contributed by atoms with Gasteiger partial charge >= 0.3 is 5.97 Å². The lowest BCUT2D eigenvalue weighted by Gasteiger charge is -2.50. The highest BCUT2D eigenvalue weighted by Crippen LogP contribution is 2.49. The highest BCUT2D eigenvalue weighted by molar-refractivity contribution is 7.80. The van der Waals surface area contributed by atoms with Crippen LogP contribution in [0.3, 0.4) is 0 Å². The van der Waals surface area contributed by atoms with E-state index in [2.05, 4.69) is 55.7 Å². The van der Waals surface area contributed by atoms with Crippen LogP contribution in [0.4, 0.5) is 0 Å². The number of nitrogens with one attached hydrogen (secondary N) is 2. The number of fused-ring (bicyclic) bond motifs is 1. The number of benzene rings is 2. The number of carbonyl (C=O) groups excluding carboxylic acids is 1. The van der Waals surface area contributed by atoms with E-state index in [1.807, 2.05) is 19.1 Å². The lowest BCUT2D eigenvalue weighted by Crippen LogP contribution is -2.69. The van der Waals surface area contributed by atoms with Gasteiger partial charge in [0, 0.05) is 42.9 Å². The Morgan fingerprint density at radius 2 is 1.87 bits per heavy atom. The van der Waals surface area contributed by atoms with E-state index in [1.54, 1.807) is 0 Å². The zero-order valence-corrected chi connectivity index (χ0v) is 18.9. The minimum absolute atomic E-state index is 0.130. The molecule has 2 aliphatic rings. The van der Waals surface area contributed by atoms with Crippen LogP contribution in [-0.4, -0.2) is 22.3 Å². The largest absolute Gasteiger partial charge is 0.468 e. The maximum Gasteiger partial charge on any atom is 0.308 e. The predicted octanol–water partition coefficient (Wildman–Crippen LogP) is 4.49. The van der Waals surface area contributed by atoms with Crippen molar-refractivity contribution in [2.24, 2.45) is 0 Å². The van der Waals surface area contributed by atoms with Crippen molar-refractivity contribution < 1.29 is 14.3 Å². The van der Waals surface area contributed by atoms with Gasteiger partial charge in [0.15, 0.2) is 10.8 Å². The number of hydrogen-bond acceptors (Lipinski definition) is 4. The third-order valence-corrected chi connectivity index (χ3v) is 5.98. The minimum Gasteiger partial charge on any atom is -0.468 e. The second-order valence-electron chi connectivity index (χ2n) is 9.15. The lowest BCUT2D eigenvalue weighted by atomic mass is 9.76. The molecule has 1 spiro atoms. The van der Waals surface area contributed by atoms with Gasteiger partial charge in [-0.15, -0.1) is 0 Å². The topological polar surface area (TPSA) is 59.6 Å². The fourth-order valence-electron chi connectivity index (χ4n) is 4.79. The monoisotopic (exact) mass is 424 g/mol. The first-order valence-corrected chi connectivity index (χ1v) is 10.7. The van der Waals surface area contributed by atoms with Crippen LogP contribution in [0.2, 0.25) is 0 Å². The summed E-state index contributed by atoms with van der Waals surface area (Å²) in [5, 5.41) is 7.33. The smallest absolute Gasteiger partial charge is 0.308 e. The third kappa shape index (κ3) is 4.01. The SMILES string of the molecule is CC(=O)Oc1cc(C)c2c(c1)OC1(CC2c2ccc(C)cc2)CC(C)(C)NC(=S)N1. The summed E-state index contributed by atoms with van der Waals surface area (Å²) in [6.07, 6.45) is 1.49. The molecule has 0 aromatic heterocycles. The number of ether oxygens (including phenoxy) is 2. The Morgan fingerprint density at radius 3 is 2.50 bits per heavy atom. The summed E-state index contributed by atoms with van der Waals surface area (Å²) in [5.41, 5.74) is 3.78. The van der Waals surface area contributed by atoms with Gasteiger partial charge in [-0.1, -0.05) is 29.8 Å². The summed E-state index contributed by atoms with van der Waals surface area (Å²) in [6, 6.07) is 12.4. The summed E-state index contributed by atoms with van der Waals surface area (Å²) in [7, 11) is 0. The Kier molecular flexibility index (Phi) is 5.01. The molecule has 2 aliphatic heterocycles. The molecular formula is C24H28N2O3S. The quantitative estimate of drug-likeness (QED) is 0.421. The van der Waals surface area contributed by atoms with Crippen molar-refractivity contribution in [2.75, 3.05) is 0 Å². The van der Waals surface area contributed by atoms with Crippen molar-refractivity contribution in [3.8, 4) is 11.5 Å². The van der Waals surface area contributed by atoms with Gasteiger partial charge < -0.3 is 20.1 Å². The molecule has 0 radical (unpaired) electrons. The highest BCUT2D eigenvalue weighted by Gasteiger charge is 2.49. The molecule has 2 heterocycles. The zero-order valence-electron chi connectivity index (χ0n) is 18.1. The van der Waals surface area contributed by atoms with Gasteiger partial charge in [-0.3, -0.25) is 4.79 Å². The molecule has 0 bridgehead atoms. The van der Waals surface area contributed by atoms with Crippen LogP contribution in [0.25, 0.3) is 0 Å². The molecule has 5 nitrogen and oxygen atoms in total. The predicted molar refractivity (Wildman–Crippen MR) is 121 cm³/mol. The number of esters is 1. The second-order valence-corrected chi connectivity index (χ2v) is 9.56. The summed E-state index contributed by atoms with van der Waals surface area (Å²) < 4.78 is 12.0. The number of hydrogen-bond donors (Lipinski definition) is 2. The Bertz CT molecular complexity index is 1020. The molecule has 0 saturated carbocycles. The lowest BCUT2D eigenvalue weighted by molar-refractivity contribution is -0.131. The molecule has 1 fully saturated rings. The van der Waals surface area contributed by atoms with Crippen molar-refractivity contribution in [3.63, 3.8) is 0 Å². The molecule has 2 aromatic rings. The third-order valence-electron chi connectivity index (χ3n) is 5.77. The Labute approximate surface area is 183 Å². The summed E-state index contributed by atoms with van der Waals surface area (Å²) in [6.45, 7) is 9.79. The zero-order chi connectivity index (χ0) is 21.7. The molecule has 30 heavy (non-hydrogen) atoms. The fourth-order valence-corrected chi connectivity index (χ4v) is 5.25. The molecule has 4 rings (SSSR count). The molecule has 6 heteroatoms. The van der Waals surface area contributed by atoms with E-state index in [4.69, 9.17) is 21.7 Å². The van der Waals surface area contributed by atoms with Gasteiger partial charge in [0.05, 0.1) is 0 Å². The van der Waals surface area contributed by atoms with Gasteiger partial charge in [-0.05, 0) is 57.1 Å². The van der Waals surface area contributed by atoms with E-state index in [0.29, 0.717) is 10.9 Å². The van der Waals surface area contributed by atoms with E-state index in [1.165, 1.54) is 18.1 Å². The standard InChI is InChI=1S/C24H28N2O3S/c1-14-6-8-17(9-7-14)19-12-24(13-23(4,5)25-22(30)26-24)29-20-11-18(28-16(3)27)10-15(2)21(19)20/h6-11,19H,12-13H2,1-5H3,(H2,25,26,30). The van der Waals surface area contributed by atoms with Gasteiger partial charge in [-0.2, -0.15) is 0 Å². The van der Waals surface area contributed by atoms with Crippen LogP contribution < -0.4 is 20.1 Å². The van der Waals surface area contributed by atoms with Gasteiger partial charge in [0.25, 0.3) is 0 Å². The maximum atomic E-state index is 11.5. The van der Waals surface area contributed by atoms with Crippen LogP contribution in [0.5, 0.6) is 11.5 Å². The highest BCUT2D eigenvalue weighted by atomic mass is 32.1. The average Bonchev–Trinajstić information content (AvgIpc) is 2.58. The van der Waals surface area contributed by atoms with Crippen LogP contribution in [0.15, 0.2) is 36.4 Å². The molecule has 2 aromatic carbocycles. The molecule has 2 unspecified atom stereocenters. The Balaban J connectivity index is 1.85. The van der Waals surface area contributed by atoms with Crippen LogP contribution in [0, 0.1) is 13.8 Å². The minimum atomic E-state index is -0.643. The average molecular weight is 425 g/mol. The number of aryl methyl sites for hydroxylation is 2. The molecular weight excluding hydrogens is 396 g/mol. The van der Waals surface area contributed by atoms with Gasteiger partial charge in [0.2, 0.25) is 0 Å². The van der Waals surface area contributed by atoms with E-state index in [0.717, 1.165) is 29.7 Å². The summed E-state index contributed by atoms with van der Waals surface area (Å²) in [5.74, 6) is 1.01. The van der Waals surface area contributed by atoms with E-state index >= 15 is 0 Å². The summed E-state index contributed by atoms with van der Waals surface area (Å²) >= 11 is 5.52. The second kappa shape index (κ2) is 7.27. The van der Waals surface area contributed by atoms with Crippen molar-refractivity contribution in [3.05, 3.63) is 58.7 Å². The van der Waals surface area contributed by atoms with E-state index < -0.39 is 5.72 Å². The van der Waals surface area contributed by atoms with Crippen molar-refractivity contribution in [1.82, 2.24) is 10.6 Å². The van der Waals surface area contributed by atoms with E-state index in [9.17, 15) is 4.79 Å². The number of thiocarbonyl (C=S) groups is 1. The van der Waals surface area contributed by atoms with Crippen LogP contribution in [0.1, 0.15) is 61.8 Å². The molecule has 0 aliphatic carbocycles. The molecule has 2 N–H and O–H groups in total. The number of rotatable bonds is 2. The van der Waals surface area contributed by atoms with Crippen molar-refractivity contribution in [1.29, 1.82) is 0 Å². The number of carbonyl (C=O) groups is 1. The Hall–Kier alpha value is -2.60. The fraction of sp³-hybridized carbons (Fsp3) is 0.417. The summed E-state index contributed by atoms with van der Waals surface area (Å²) in [4.78, 5) is 11.5. The first-order valence-electron chi connectivity index (χ1n) is 10.2. The maximum absolute atomic E-state index is 11.5. The van der Waals surface area contributed by atoms with Gasteiger partial charge in [-0.25, -0.2) is 0 Å². The Morgan fingerprint density at radius 1 is 1.17 bits per heavy atom. The van der Waals surface area contributed by atoms with Crippen LogP contribution in [-0.2, 0) is 4.79 Å². The molecule has 2 atom stereocenters.